The van der Waals surface area contributed by atoms with Crippen molar-refractivity contribution in [2.24, 2.45) is 0 Å². The summed E-state index contributed by atoms with van der Waals surface area (Å²) < 4.78 is 1.93. The first-order chi connectivity index (χ1) is 7.27. The second-order valence-electron chi connectivity index (χ2n) is 3.65. The van der Waals surface area contributed by atoms with Crippen LogP contribution in [-0.4, -0.2) is 26.0 Å². The van der Waals surface area contributed by atoms with Crippen molar-refractivity contribution in [2.45, 2.75) is 36.9 Å². The van der Waals surface area contributed by atoms with Gasteiger partial charge in [0.15, 0.2) is 0 Å². The third-order valence-electron chi connectivity index (χ3n) is 2.49. The van der Waals surface area contributed by atoms with Crippen molar-refractivity contribution in [3.8, 4) is 0 Å². The van der Waals surface area contributed by atoms with Crippen molar-refractivity contribution in [3.63, 3.8) is 0 Å². The number of tetrazole rings is 1. The number of hydrogen-bond acceptors (Lipinski definition) is 4. The molecule has 1 aliphatic rings. The topological polar surface area (TPSA) is 43.6 Å². The van der Waals surface area contributed by atoms with Crippen LogP contribution in [0.2, 0.25) is 0 Å². The Labute approximate surface area is 98.1 Å². The van der Waals surface area contributed by atoms with Crippen LogP contribution in [0.4, 0.5) is 0 Å². The Morgan fingerprint density at radius 3 is 2.93 bits per heavy atom. The van der Waals surface area contributed by atoms with Gasteiger partial charge in [0.1, 0.15) is 0 Å². The van der Waals surface area contributed by atoms with Crippen LogP contribution >= 0.6 is 23.4 Å². The standard InChI is InChI=1S/C9H13ClN4S/c1-7(10)6-15-9-11-12-13-14(9)8-4-2-3-5-8/h8H,1-6H2. The van der Waals surface area contributed by atoms with Crippen LogP contribution in [0.25, 0.3) is 0 Å². The molecule has 0 aliphatic heterocycles. The zero-order valence-electron chi connectivity index (χ0n) is 8.40. The molecule has 1 saturated carbocycles. The Hall–Kier alpha value is -0.550. The molecule has 1 aliphatic carbocycles. The molecule has 1 heterocycles. The predicted octanol–water partition coefficient (Wildman–Crippen LogP) is 2.63. The molecular weight excluding hydrogens is 232 g/mol. The van der Waals surface area contributed by atoms with E-state index >= 15 is 0 Å². The minimum absolute atomic E-state index is 0.478. The van der Waals surface area contributed by atoms with Crippen LogP contribution in [0.5, 0.6) is 0 Å². The summed E-state index contributed by atoms with van der Waals surface area (Å²) in [5.74, 6) is 0.661. The van der Waals surface area contributed by atoms with E-state index in [9.17, 15) is 0 Å². The summed E-state index contributed by atoms with van der Waals surface area (Å²) in [6.07, 6.45) is 4.91. The number of hydrogen-bond donors (Lipinski definition) is 0. The fourth-order valence-corrected chi connectivity index (χ4v) is 2.66. The smallest absolute Gasteiger partial charge is 0.209 e. The zero-order chi connectivity index (χ0) is 10.7. The first kappa shape index (κ1) is 11.0. The molecule has 2 rings (SSSR count). The normalized spacial score (nSPS) is 17.1. The minimum atomic E-state index is 0.478. The molecule has 1 aromatic heterocycles. The van der Waals surface area contributed by atoms with Crippen LogP contribution in [0.1, 0.15) is 31.7 Å². The molecule has 0 amide bonds. The molecule has 0 N–H and O–H groups in total. The molecule has 6 heteroatoms. The molecule has 0 aromatic carbocycles. The molecule has 0 atom stereocenters. The molecule has 0 bridgehead atoms. The summed E-state index contributed by atoms with van der Waals surface area (Å²) >= 11 is 7.26. The number of thioether (sulfide) groups is 1. The molecule has 4 nitrogen and oxygen atoms in total. The lowest BCUT2D eigenvalue weighted by atomic mass is 10.3. The number of halogens is 1. The fraction of sp³-hybridized carbons (Fsp3) is 0.667. The van der Waals surface area contributed by atoms with E-state index in [0.29, 0.717) is 16.8 Å². The molecule has 1 aromatic rings. The van der Waals surface area contributed by atoms with Gasteiger partial charge in [0.25, 0.3) is 0 Å². The number of nitrogens with zero attached hydrogens (tertiary/aromatic N) is 4. The van der Waals surface area contributed by atoms with Crippen molar-refractivity contribution < 1.29 is 0 Å². The first-order valence-electron chi connectivity index (χ1n) is 5.01. The monoisotopic (exact) mass is 244 g/mol. The zero-order valence-corrected chi connectivity index (χ0v) is 9.97. The SMILES string of the molecule is C=C(Cl)CSc1nnnn1C1CCCC1. The fourth-order valence-electron chi connectivity index (χ4n) is 1.80. The molecule has 0 spiro atoms. The van der Waals surface area contributed by atoms with Crippen molar-refractivity contribution in [3.05, 3.63) is 11.6 Å². The van der Waals surface area contributed by atoms with Crippen LogP contribution in [0.15, 0.2) is 16.8 Å². The lowest BCUT2D eigenvalue weighted by Gasteiger charge is -2.10. The quantitative estimate of drug-likeness (QED) is 0.764. The highest BCUT2D eigenvalue weighted by molar-refractivity contribution is 7.99. The largest absolute Gasteiger partial charge is 0.217 e. The molecule has 0 saturated heterocycles. The lowest BCUT2D eigenvalue weighted by molar-refractivity contribution is 0.423. The van der Waals surface area contributed by atoms with Gasteiger partial charge in [-0.1, -0.05) is 42.8 Å². The first-order valence-corrected chi connectivity index (χ1v) is 6.37. The van der Waals surface area contributed by atoms with Crippen molar-refractivity contribution in [2.75, 3.05) is 5.75 Å². The van der Waals surface area contributed by atoms with E-state index in [0.717, 1.165) is 5.16 Å². The molecular formula is C9H13ClN4S. The second kappa shape index (κ2) is 4.99. The van der Waals surface area contributed by atoms with E-state index in [1.54, 1.807) is 11.8 Å². The second-order valence-corrected chi connectivity index (χ2v) is 5.13. The van der Waals surface area contributed by atoms with E-state index in [1.807, 2.05) is 4.68 Å². The molecule has 1 fully saturated rings. The van der Waals surface area contributed by atoms with Gasteiger partial charge in [-0.05, 0) is 23.3 Å². The molecule has 0 radical (unpaired) electrons. The molecule has 82 valence electrons. The van der Waals surface area contributed by atoms with Gasteiger partial charge in [-0.15, -0.1) is 5.10 Å². The van der Waals surface area contributed by atoms with Crippen molar-refractivity contribution in [1.82, 2.24) is 20.2 Å². The Morgan fingerprint density at radius 2 is 2.27 bits per heavy atom. The summed E-state index contributed by atoms with van der Waals surface area (Å²) in [5, 5.41) is 13.2. The van der Waals surface area contributed by atoms with Crippen molar-refractivity contribution >= 4 is 23.4 Å². The van der Waals surface area contributed by atoms with E-state index in [1.165, 1.54) is 25.7 Å². The Morgan fingerprint density at radius 1 is 1.53 bits per heavy atom. The number of rotatable bonds is 4. The van der Waals surface area contributed by atoms with Crippen LogP contribution < -0.4 is 0 Å². The third-order valence-corrected chi connectivity index (χ3v) is 3.80. The van der Waals surface area contributed by atoms with E-state index in [4.69, 9.17) is 11.6 Å². The molecule has 0 unspecified atom stereocenters. The van der Waals surface area contributed by atoms with Gasteiger partial charge < -0.3 is 0 Å². The van der Waals surface area contributed by atoms with Gasteiger partial charge in [0.05, 0.1) is 6.04 Å². The number of aromatic nitrogens is 4. The predicted molar refractivity (Wildman–Crippen MR) is 61.0 cm³/mol. The average Bonchev–Trinajstić information content (AvgIpc) is 2.85. The van der Waals surface area contributed by atoms with Gasteiger partial charge in [0.2, 0.25) is 5.16 Å². The van der Waals surface area contributed by atoms with Gasteiger partial charge in [-0.3, -0.25) is 0 Å². The summed E-state index contributed by atoms with van der Waals surface area (Å²) in [7, 11) is 0. The third kappa shape index (κ3) is 2.72. The van der Waals surface area contributed by atoms with Gasteiger partial charge in [0, 0.05) is 10.8 Å². The Balaban J connectivity index is 2.04. The lowest BCUT2D eigenvalue weighted by Crippen LogP contribution is -2.08. The minimum Gasteiger partial charge on any atom is -0.217 e. The summed E-state index contributed by atoms with van der Waals surface area (Å²) in [4.78, 5) is 0. The van der Waals surface area contributed by atoms with Crippen LogP contribution in [-0.2, 0) is 0 Å². The summed E-state index contributed by atoms with van der Waals surface area (Å²) in [6, 6.07) is 0.478. The van der Waals surface area contributed by atoms with Gasteiger partial charge >= 0.3 is 0 Å². The van der Waals surface area contributed by atoms with E-state index in [2.05, 4.69) is 22.1 Å². The van der Waals surface area contributed by atoms with Gasteiger partial charge in [-0.25, -0.2) is 4.68 Å². The van der Waals surface area contributed by atoms with Crippen molar-refractivity contribution in [1.29, 1.82) is 0 Å². The highest BCUT2D eigenvalue weighted by atomic mass is 35.5. The Kier molecular flexibility index (Phi) is 3.64. The average molecular weight is 245 g/mol. The maximum atomic E-state index is 5.71. The van der Waals surface area contributed by atoms with Crippen LogP contribution in [0, 0.1) is 0 Å². The molecule has 15 heavy (non-hydrogen) atoms. The highest BCUT2D eigenvalue weighted by Crippen LogP contribution is 2.31. The summed E-state index contributed by atoms with van der Waals surface area (Å²) in [6.45, 7) is 3.65. The van der Waals surface area contributed by atoms with E-state index < -0.39 is 0 Å². The van der Waals surface area contributed by atoms with Gasteiger partial charge in [-0.2, -0.15) is 0 Å². The maximum absolute atomic E-state index is 5.71. The van der Waals surface area contributed by atoms with E-state index in [-0.39, 0.29) is 0 Å². The Bertz CT molecular complexity index is 346. The summed E-state index contributed by atoms with van der Waals surface area (Å²) in [5.41, 5.74) is 0. The van der Waals surface area contributed by atoms with Crippen LogP contribution in [0.3, 0.4) is 0 Å². The maximum Gasteiger partial charge on any atom is 0.209 e. The highest BCUT2D eigenvalue weighted by Gasteiger charge is 2.21.